The van der Waals surface area contributed by atoms with Gasteiger partial charge in [-0.1, -0.05) is 48.5 Å². The second-order valence-corrected chi connectivity index (χ2v) is 8.88. The summed E-state index contributed by atoms with van der Waals surface area (Å²) >= 11 is 0. The molecule has 1 aliphatic carbocycles. The molecule has 3 rings (SSSR count). The predicted octanol–water partition coefficient (Wildman–Crippen LogP) is 2.45. The number of aliphatic carboxylic acids is 1. The van der Waals surface area contributed by atoms with Gasteiger partial charge in [0.1, 0.15) is 18.7 Å². The Kier molecular flexibility index (Phi) is 8.84. The standard InChI is InChI=1S/C26H33N3O6/c1-16(34-4)23(24(30)27-22(25(31)32)13-14-29(2)3)28-26(33)35-15-21-19-11-7-5-9-17(19)18-10-6-8-12-20(18)21/h5-12,16,21-23H,13-15H2,1-4H3,(H,27,30)(H,28,33)(H,31,32). The van der Waals surface area contributed by atoms with Crippen molar-refractivity contribution in [2.24, 2.45) is 0 Å². The first-order valence-corrected chi connectivity index (χ1v) is 11.5. The van der Waals surface area contributed by atoms with E-state index in [0.717, 1.165) is 22.3 Å². The Morgan fingerprint density at radius 3 is 2.09 bits per heavy atom. The first-order chi connectivity index (χ1) is 16.7. The molecule has 9 heteroatoms. The second-order valence-electron chi connectivity index (χ2n) is 8.88. The SMILES string of the molecule is COC(C)C(NC(=O)OCC1c2ccccc2-c2ccccc21)C(=O)NC(CCN(C)C)C(=O)O. The van der Waals surface area contributed by atoms with Gasteiger partial charge >= 0.3 is 12.1 Å². The van der Waals surface area contributed by atoms with E-state index in [1.807, 2.05) is 67.5 Å². The van der Waals surface area contributed by atoms with E-state index in [1.165, 1.54) is 7.11 Å². The van der Waals surface area contributed by atoms with Gasteiger partial charge < -0.3 is 30.1 Å². The minimum Gasteiger partial charge on any atom is -0.480 e. The highest BCUT2D eigenvalue weighted by atomic mass is 16.5. The minimum absolute atomic E-state index is 0.0934. The van der Waals surface area contributed by atoms with Crippen LogP contribution >= 0.6 is 0 Å². The molecule has 3 N–H and O–H groups in total. The second kappa shape index (κ2) is 11.8. The van der Waals surface area contributed by atoms with E-state index < -0.39 is 36.2 Å². The number of methoxy groups -OCH3 is 1. The Morgan fingerprint density at radius 1 is 1.00 bits per heavy atom. The Hall–Kier alpha value is -3.43. The molecule has 2 amide bonds. The Labute approximate surface area is 205 Å². The Bertz CT molecular complexity index is 1010. The number of nitrogens with one attached hydrogen (secondary N) is 2. The van der Waals surface area contributed by atoms with Crippen LogP contribution in [0.1, 0.15) is 30.4 Å². The van der Waals surface area contributed by atoms with Crippen molar-refractivity contribution in [1.82, 2.24) is 15.5 Å². The van der Waals surface area contributed by atoms with Crippen molar-refractivity contribution in [2.75, 3.05) is 34.4 Å². The molecule has 0 bridgehead atoms. The van der Waals surface area contributed by atoms with E-state index in [9.17, 15) is 19.5 Å². The molecule has 3 unspecified atom stereocenters. The topological polar surface area (TPSA) is 117 Å². The van der Waals surface area contributed by atoms with E-state index in [0.29, 0.717) is 6.54 Å². The maximum Gasteiger partial charge on any atom is 0.407 e. The summed E-state index contributed by atoms with van der Waals surface area (Å²) in [6, 6.07) is 13.8. The number of carboxylic acid groups (broad SMARTS) is 1. The van der Waals surface area contributed by atoms with Crippen molar-refractivity contribution in [2.45, 2.75) is 37.5 Å². The van der Waals surface area contributed by atoms with Gasteiger partial charge in [0.2, 0.25) is 5.91 Å². The van der Waals surface area contributed by atoms with Crippen LogP contribution in [0.25, 0.3) is 11.1 Å². The highest BCUT2D eigenvalue weighted by Crippen LogP contribution is 2.44. The minimum atomic E-state index is -1.15. The van der Waals surface area contributed by atoms with Crippen molar-refractivity contribution in [3.05, 3.63) is 59.7 Å². The van der Waals surface area contributed by atoms with E-state index in [2.05, 4.69) is 10.6 Å². The van der Waals surface area contributed by atoms with Gasteiger partial charge in [-0.2, -0.15) is 0 Å². The first kappa shape index (κ1) is 26.2. The molecule has 0 saturated carbocycles. The number of carboxylic acids is 1. The zero-order chi connectivity index (χ0) is 25.5. The smallest absolute Gasteiger partial charge is 0.407 e. The van der Waals surface area contributed by atoms with Gasteiger partial charge in [0.05, 0.1) is 6.10 Å². The molecule has 0 aliphatic heterocycles. The van der Waals surface area contributed by atoms with Crippen LogP contribution in [-0.4, -0.2) is 80.5 Å². The quantitative estimate of drug-likeness (QED) is 0.449. The van der Waals surface area contributed by atoms with Crippen LogP contribution in [0, 0.1) is 0 Å². The zero-order valence-corrected chi connectivity index (χ0v) is 20.5. The molecule has 9 nitrogen and oxygen atoms in total. The normalized spacial score (nSPS) is 15.0. The molecule has 188 valence electrons. The summed E-state index contributed by atoms with van der Waals surface area (Å²) in [5.41, 5.74) is 4.37. The average Bonchev–Trinajstić information content (AvgIpc) is 3.16. The van der Waals surface area contributed by atoms with Crippen molar-refractivity contribution >= 4 is 18.0 Å². The lowest BCUT2D eigenvalue weighted by molar-refractivity contribution is -0.142. The number of hydrogen-bond acceptors (Lipinski definition) is 6. The molecule has 0 radical (unpaired) electrons. The van der Waals surface area contributed by atoms with Crippen LogP contribution in [0.5, 0.6) is 0 Å². The summed E-state index contributed by atoms with van der Waals surface area (Å²) in [6.45, 7) is 2.18. The summed E-state index contributed by atoms with van der Waals surface area (Å²) in [7, 11) is 5.04. The molecule has 3 atom stereocenters. The fourth-order valence-electron chi connectivity index (χ4n) is 4.21. The lowest BCUT2D eigenvalue weighted by atomic mass is 9.98. The van der Waals surface area contributed by atoms with Crippen LogP contribution in [0.15, 0.2) is 48.5 Å². The van der Waals surface area contributed by atoms with E-state index >= 15 is 0 Å². The molecule has 0 aromatic heterocycles. The number of fused-ring (bicyclic) bond motifs is 3. The Balaban J connectivity index is 1.66. The lowest BCUT2D eigenvalue weighted by Gasteiger charge is -2.25. The van der Waals surface area contributed by atoms with Crippen molar-refractivity contribution in [3.8, 4) is 11.1 Å². The third-order valence-electron chi connectivity index (χ3n) is 6.22. The monoisotopic (exact) mass is 483 g/mol. The van der Waals surface area contributed by atoms with Gasteiger partial charge in [-0.25, -0.2) is 9.59 Å². The van der Waals surface area contributed by atoms with Gasteiger partial charge in [0.15, 0.2) is 0 Å². The molecule has 1 aliphatic rings. The fraction of sp³-hybridized carbons (Fsp3) is 0.423. The fourth-order valence-corrected chi connectivity index (χ4v) is 4.21. The van der Waals surface area contributed by atoms with Gasteiger partial charge in [0, 0.05) is 19.6 Å². The summed E-state index contributed by atoms with van der Waals surface area (Å²) in [6.07, 6.45) is -1.28. The van der Waals surface area contributed by atoms with Crippen molar-refractivity contribution in [1.29, 1.82) is 0 Å². The number of carbonyl (C=O) groups is 3. The van der Waals surface area contributed by atoms with Gasteiger partial charge in [-0.05, 0) is 49.7 Å². The van der Waals surface area contributed by atoms with Crippen molar-refractivity contribution in [3.63, 3.8) is 0 Å². The molecule has 35 heavy (non-hydrogen) atoms. The Morgan fingerprint density at radius 2 is 1.57 bits per heavy atom. The van der Waals surface area contributed by atoms with Crippen LogP contribution in [0.2, 0.25) is 0 Å². The number of carbonyl (C=O) groups excluding carboxylic acids is 2. The number of hydrogen-bond donors (Lipinski definition) is 3. The van der Waals surface area contributed by atoms with Gasteiger partial charge in [-0.3, -0.25) is 4.79 Å². The van der Waals surface area contributed by atoms with Crippen LogP contribution < -0.4 is 10.6 Å². The molecule has 0 fully saturated rings. The molecule has 2 aromatic carbocycles. The number of rotatable bonds is 11. The van der Waals surface area contributed by atoms with Crippen molar-refractivity contribution < 1.29 is 29.0 Å². The molecular weight excluding hydrogens is 450 g/mol. The van der Waals surface area contributed by atoms with E-state index in [1.54, 1.807) is 6.92 Å². The van der Waals surface area contributed by atoms with Gasteiger partial charge in [-0.15, -0.1) is 0 Å². The number of amides is 2. The summed E-state index contributed by atoms with van der Waals surface area (Å²) < 4.78 is 10.8. The molecule has 0 spiro atoms. The largest absolute Gasteiger partial charge is 0.480 e. The zero-order valence-electron chi connectivity index (χ0n) is 20.5. The number of benzene rings is 2. The highest BCUT2D eigenvalue weighted by Gasteiger charge is 2.33. The van der Waals surface area contributed by atoms with Crippen LogP contribution in [0.4, 0.5) is 4.79 Å². The molecular formula is C26H33N3O6. The lowest BCUT2D eigenvalue weighted by Crippen LogP contribution is -2.56. The number of nitrogens with zero attached hydrogens (tertiary/aromatic N) is 1. The summed E-state index contributed by atoms with van der Waals surface area (Å²) in [5, 5.41) is 14.5. The number of ether oxygens (including phenoxy) is 2. The van der Waals surface area contributed by atoms with Crippen LogP contribution in [0.3, 0.4) is 0 Å². The summed E-state index contributed by atoms with van der Waals surface area (Å²) in [5.74, 6) is -1.92. The van der Waals surface area contributed by atoms with E-state index in [4.69, 9.17) is 9.47 Å². The predicted molar refractivity (Wildman–Crippen MR) is 131 cm³/mol. The maximum absolute atomic E-state index is 12.9. The third-order valence-corrected chi connectivity index (χ3v) is 6.22. The van der Waals surface area contributed by atoms with E-state index in [-0.39, 0.29) is 18.9 Å². The summed E-state index contributed by atoms with van der Waals surface area (Å²) in [4.78, 5) is 39.0. The number of alkyl carbamates (subject to hydrolysis) is 1. The van der Waals surface area contributed by atoms with Gasteiger partial charge in [0.25, 0.3) is 0 Å². The van der Waals surface area contributed by atoms with Crippen LogP contribution in [-0.2, 0) is 19.1 Å². The third kappa shape index (κ3) is 6.37. The maximum atomic E-state index is 12.9. The first-order valence-electron chi connectivity index (χ1n) is 11.5. The molecule has 0 heterocycles. The molecule has 2 aromatic rings. The highest BCUT2D eigenvalue weighted by molar-refractivity contribution is 5.89. The average molecular weight is 484 g/mol. The molecule has 0 saturated heterocycles.